The van der Waals surface area contributed by atoms with E-state index in [0.717, 1.165) is 11.1 Å². The number of ether oxygens (including phenoxy) is 1. The van der Waals surface area contributed by atoms with E-state index in [9.17, 15) is 29.5 Å². The Bertz CT molecular complexity index is 1570. The number of carbonyl (C=O) groups is 4. The van der Waals surface area contributed by atoms with Gasteiger partial charge in [0.2, 0.25) is 11.8 Å². The molecule has 0 saturated carbocycles. The van der Waals surface area contributed by atoms with Gasteiger partial charge in [0.15, 0.2) is 5.69 Å². The normalized spacial score (nSPS) is 13.0. The molecular formula is C32H36N6O7. The van der Waals surface area contributed by atoms with Crippen molar-refractivity contribution in [3.05, 3.63) is 88.3 Å². The van der Waals surface area contributed by atoms with Gasteiger partial charge in [-0.3, -0.25) is 19.2 Å². The van der Waals surface area contributed by atoms with Gasteiger partial charge in [-0.1, -0.05) is 47.1 Å². The maximum absolute atomic E-state index is 13.3. The molecule has 0 spiro atoms. The molecule has 0 radical (unpaired) electrons. The Morgan fingerprint density at radius 1 is 1.04 bits per heavy atom. The summed E-state index contributed by atoms with van der Waals surface area (Å²) >= 11 is 0. The van der Waals surface area contributed by atoms with Crippen LogP contribution in [0.4, 0.5) is 0 Å². The van der Waals surface area contributed by atoms with Crippen LogP contribution in [0, 0.1) is 25.2 Å². The fraction of sp³-hybridized carbons (Fsp3) is 0.312. The number of benzene rings is 2. The Kier molecular flexibility index (Phi) is 12.0. The maximum Gasteiger partial charge on any atom is 0.274 e. The number of likely N-dealkylation sites (N-methyl/N-ethyl adjacent to an activating group) is 1. The molecule has 45 heavy (non-hydrogen) atoms. The second-order valence-corrected chi connectivity index (χ2v) is 10.5. The van der Waals surface area contributed by atoms with Crippen molar-refractivity contribution in [3.63, 3.8) is 0 Å². The number of nitrogens with zero attached hydrogens (tertiary/aromatic N) is 3. The van der Waals surface area contributed by atoms with Gasteiger partial charge in [0.05, 0.1) is 6.10 Å². The zero-order chi connectivity index (χ0) is 33.1. The first-order valence-electron chi connectivity index (χ1n) is 14.0. The van der Waals surface area contributed by atoms with E-state index in [2.05, 4.69) is 21.1 Å². The van der Waals surface area contributed by atoms with Crippen LogP contribution >= 0.6 is 0 Å². The zero-order valence-electron chi connectivity index (χ0n) is 25.7. The van der Waals surface area contributed by atoms with Crippen LogP contribution in [-0.4, -0.2) is 77.7 Å². The number of aliphatic hydroxyl groups excluding tert-OH is 1. The van der Waals surface area contributed by atoms with Crippen molar-refractivity contribution in [2.75, 3.05) is 20.7 Å². The summed E-state index contributed by atoms with van der Waals surface area (Å²) in [5.74, 6) is -1.84. The molecule has 0 bridgehead atoms. The van der Waals surface area contributed by atoms with Crippen LogP contribution < -0.4 is 20.7 Å². The number of hydrogen-bond acceptors (Lipinski definition) is 9. The minimum absolute atomic E-state index is 0.0415. The molecule has 3 unspecified atom stereocenters. The van der Waals surface area contributed by atoms with Crippen molar-refractivity contribution < 1.29 is 33.5 Å². The van der Waals surface area contributed by atoms with E-state index in [0.29, 0.717) is 17.1 Å². The van der Waals surface area contributed by atoms with Gasteiger partial charge in [-0.15, -0.1) is 0 Å². The van der Waals surface area contributed by atoms with E-state index >= 15 is 0 Å². The molecule has 3 rings (SSSR count). The van der Waals surface area contributed by atoms with Crippen LogP contribution in [0.2, 0.25) is 0 Å². The van der Waals surface area contributed by atoms with Crippen molar-refractivity contribution in [1.82, 2.24) is 26.0 Å². The Morgan fingerprint density at radius 2 is 1.71 bits per heavy atom. The fourth-order valence-corrected chi connectivity index (χ4v) is 3.95. The van der Waals surface area contributed by atoms with Crippen LogP contribution in [-0.2, 0) is 20.9 Å². The highest BCUT2D eigenvalue weighted by molar-refractivity contribution is 6.01. The first-order valence-corrected chi connectivity index (χ1v) is 14.0. The zero-order valence-corrected chi connectivity index (χ0v) is 25.7. The average Bonchev–Trinajstić information content (AvgIpc) is 3.46. The Morgan fingerprint density at radius 3 is 2.27 bits per heavy atom. The van der Waals surface area contributed by atoms with E-state index in [1.807, 2.05) is 37.3 Å². The second-order valence-electron chi connectivity index (χ2n) is 10.5. The lowest BCUT2D eigenvalue weighted by Crippen LogP contribution is -2.58. The molecule has 2 aromatic carbocycles. The molecule has 0 aliphatic rings. The minimum atomic E-state index is -1.42. The standard InChI is InChI=1S/C32H36N6O7/c1-19-6-8-23(9-7-19)17-34-29(40)27(35-31(42)28(21(3)39)36-30(41)26-14-20(2)45-37-26)18-44-25-12-10-22(11-13-25)15-24(16-33)32(43)38(4)5/h6-15,21,27-28,39H,17-18H2,1-5H3,(H,34,40)(H,35,42)(H,36,41). The SMILES string of the molecule is Cc1ccc(CNC(=O)C(COc2ccc(C=C(C#N)C(=O)N(C)C)cc2)NC(=O)C(NC(=O)c2cc(C)on2)C(C)O)cc1. The van der Waals surface area contributed by atoms with Gasteiger partial charge in [0, 0.05) is 26.7 Å². The first-order chi connectivity index (χ1) is 21.4. The van der Waals surface area contributed by atoms with Gasteiger partial charge in [0.25, 0.3) is 11.8 Å². The molecule has 0 aliphatic carbocycles. The quantitative estimate of drug-likeness (QED) is 0.164. The van der Waals surface area contributed by atoms with Gasteiger partial charge in [0.1, 0.15) is 41.8 Å². The summed E-state index contributed by atoms with van der Waals surface area (Å²) in [7, 11) is 3.09. The third-order valence-electron chi connectivity index (χ3n) is 6.50. The van der Waals surface area contributed by atoms with Crippen LogP contribution in [0.15, 0.2) is 64.7 Å². The summed E-state index contributed by atoms with van der Waals surface area (Å²) < 4.78 is 10.7. The highest BCUT2D eigenvalue weighted by Gasteiger charge is 2.31. The fourth-order valence-electron chi connectivity index (χ4n) is 3.95. The van der Waals surface area contributed by atoms with Crippen LogP contribution in [0.3, 0.4) is 0 Å². The van der Waals surface area contributed by atoms with Gasteiger partial charge in [-0.05, 0) is 50.1 Å². The van der Waals surface area contributed by atoms with Gasteiger partial charge in [-0.25, -0.2) is 0 Å². The van der Waals surface area contributed by atoms with Gasteiger partial charge >= 0.3 is 0 Å². The van der Waals surface area contributed by atoms with Crippen molar-refractivity contribution in [2.45, 2.75) is 45.5 Å². The predicted octanol–water partition coefficient (Wildman–Crippen LogP) is 1.65. The molecule has 1 aromatic heterocycles. The molecular weight excluding hydrogens is 580 g/mol. The molecule has 0 aliphatic heterocycles. The molecule has 1 heterocycles. The molecule has 236 valence electrons. The Balaban J connectivity index is 1.75. The summed E-state index contributed by atoms with van der Waals surface area (Å²) in [6.45, 7) is 4.75. The highest BCUT2D eigenvalue weighted by Crippen LogP contribution is 2.16. The predicted molar refractivity (Wildman–Crippen MR) is 163 cm³/mol. The van der Waals surface area contributed by atoms with Gasteiger partial charge < -0.3 is 35.2 Å². The summed E-state index contributed by atoms with van der Waals surface area (Å²) in [6, 6.07) is 14.6. The second kappa shape index (κ2) is 15.8. The van der Waals surface area contributed by atoms with Crippen LogP contribution in [0.1, 0.15) is 39.9 Å². The molecule has 3 atom stereocenters. The summed E-state index contributed by atoms with van der Waals surface area (Å²) in [6.07, 6.45) is 0.121. The lowest BCUT2D eigenvalue weighted by atomic mass is 10.1. The monoisotopic (exact) mass is 616 g/mol. The lowest BCUT2D eigenvalue weighted by molar-refractivity contribution is -0.132. The van der Waals surface area contributed by atoms with Crippen molar-refractivity contribution in [2.24, 2.45) is 0 Å². The van der Waals surface area contributed by atoms with E-state index in [4.69, 9.17) is 9.26 Å². The Hall–Kier alpha value is -5.48. The Labute approximate surface area is 260 Å². The summed E-state index contributed by atoms with van der Waals surface area (Å²) in [5, 5.41) is 31.0. The highest BCUT2D eigenvalue weighted by atomic mass is 16.5. The molecule has 0 fully saturated rings. The van der Waals surface area contributed by atoms with Crippen molar-refractivity contribution in [3.8, 4) is 11.8 Å². The summed E-state index contributed by atoms with van der Waals surface area (Å²) in [4.78, 5) is 52.5. The van der Waals surface area contributed by atoms with E-state index < -0.39 is 41.8 Å². The number of aliphatic hydroxyl groups is 1. The molecule has 4 N–H and O–H groups in total. The molecule has 13 nitrogen and oxygen atoms in total. The lowest BCUT2D eigenvalue weighted by Gasteiger charge is -2.24. The topological polar surface area (TPSA) is 187 Å². The van der Waals surface area contributed by atoms with Crippen molar-refractivity contribution in [1.29, 1.82) is 5.26 Å². The van der Waals surface area contributed by atoms with Crippen LogP contribution in [0.25, 0.3) is 6.08 Å². The van der Waals surface area contributed by atoms with E-state index in [1.165, 1.54) is 24.0 Å². The smallest absolute Gasteiger partial charge is 0.274 e. The van der Waals surface area contributed by atoms with E-state index in [-0.39, 0.29) is 24.4 Å². The van der Waals surface area contributed by atoms with Gasteiger partial charge in [-0.2, -0.15) is 5.26 Å². The number of aromatic nitrogens is 1. The minimum Gasteiger partial charge on any atom is -0.491 e. The molecule has 0 saturated heterocycles. The largest absolute Gasteiger partial charge is 0.491 e. The number of amides is 4. The van der Waals surface area contributed by atoms with Crippen LogP contribution in [0.5, 0.6) is 5.75 Å². The van der Waals surface area contributed by atoms with Crippen molar-refractivity contribution >= 4 is 29.7 Å². The maximum atomic E-state index is 13.3. The average molecular weight is 617 g/mol. The summed E-state index contributed by atoms with van der Waals surface area (Å²) in [5.41, 5.74) is 2.36. The number of hydrogen-bond donors (Lipinski definition) is 4. The first kappa shape index (κ1) is 34.0. The number of rotatable bonds is 13. The third kappa shape index (κ3) is 10.0. The number of nitriles is 1. The number of nitrogens with one attached hydrogen (secondary N) is 3. The van der Waals surface area contributed by atoms with E-state index in [1.54, 1.807) is 45.3 Å². The molecule has 13 heteroatoms. The molecule has 4 amide bonds. The molecule has 3 aromatic rings. The third-order valence-corrected chi connectivity index (χ3v) is 6.50. The number of aryl methyl sites for hydroxylation is 2. The number of carbonyl (C=O) groups excluding carboxylic acids is 4.